The Kier molecular flexibility index (Phi) is 2.08. The molecule has 3 heteroatoms. The Labute approximate surface area is 82.4 Å². The van der Waals surface area contributed by atoms with Gasteiger partial charge in [-0.15, -0.1) is 0 Å². The summed E-state index contributed by atoms with van der Waals surface area (Å²) in [5.41, 5.74) is 1.65. The van der Waals surface area contributed by atoms with Crippen molar-refractivity contribution in [2.45, 2.75) is 20.4 Å². The molecule has 0 bridgehead atoms. The van der Waals surface area contributed by atoms with Crippen LogP contribution in [0.2, 0.25) is 0 Å². The van der Waals surface area contributed by atoms with E-state index >= 15 is 0 Å². The summed E-state index contributed by atoms with van der Waals surface area (Å²) in [6.07, 6.45) is 3.62. The van der Waals surface area contributed by atoms with Crippen molar-refractivity contribution < 1.29 is 4.79 Å². The largest absolute Gasteiger partial charge is 0.332 e. The number of aryl methyl sites for hydroxylation is 1. The van der Waals surface area contributed by atoms with E-state index in [1.807, 2.05) is 29.8 Å². The van der Waals surface area contributed by atoms with Crippen molar-refractivity contribution in [3.8, 4) is 0 Å². The molecule has 0 aliphatic carbocycles. The van der Waals surface area contributed by atoms with Crippen LogP contribution in [0.25, 0.3) is 11.0 Å². The number of fused-ring (bicyclic) bond motifs is 1. The van der Waals surface area contributed by atoms with Gasteiger partial charge >= 0.3 is 0 Å². The Balaban J connectivity index is 2.80. The first-order valence-corrected chi connectivity index (χ1v) is 4.69. The fourth-order valence-electron chi connectivity index (χ4n) is 1.64. The molecule has 72 valence electrons. The third-order valence-corrected chi connectivity index (χ3v) is 2.35. The van der Waals surface area contributed by atoms with E-state index < -0.39 is 0 Å². The van der Waals surface area contributed by atoms with Crippen LogP contribution in [0.5, 0.6) is 0 Å². The predicted molar refractivity (Wildman–Crippen MR) is 55.4 cm³/mol. The van der Waals surface area contributed by atoms with E-state index in [9.17, 15) is 4.79 Å². The second kappa shape index (κ2) is 3.25. The summed E-state index contributed by atoms with van der Waals surface area (Å²) in [5, 5.41) is 0.946. The first kappa shape index (κ1) is 8.94. The topological polar surface area (TPSA) is 34.9 Å². The number of nitrogens with zero attached hydrogens (tertiary/aromatic N) is 2. The molecule has 2 aromatic heterocycles. The van der Waals surface area contributed by atoms with Gasteiger partial charge in [-0.05, 0) is 26.0 Å². The van der Waals surface area contributed by atoms with Gasteiger partial charge in [0.05, 0.1) is 0 Å². The standard InChI is InChI=1S/C11H12N2O/c1-3-13-7-10(8(2)14)9-5-4-6-12-11(9)13/h4-7H,3H2,1-2H3. The summed E-state index contributed by atoms with van der Waals surface area (Å²) in [6, 6.07) is 3.79. The van der Waals surface area contributed by atoms with Crippen LogP contribution in [0.1, 0.15) is 24.2 Å². The van der Waals surface area contributed by atoms with E-state index in [-0.39, 0.29) is 5.78 Å². The average Bonchev–Trinajstić information content (AvgIpc) is 2.56. The maximum absolute atomic E-state index is 11.3. The van der Waals surface area contributed by atoms with Crippen LogP contribution in [0.3, 0.4) is 0 Å². The molecular weight excluding hydrogens is 176 g/mol. The van der Waals surface area contributed by atoms with Gasteiger partial charge in [-0.2, -0.15) is 0 Å². The molecule has 2 rings (SSSR count). The summed E-state index contributed by atoms with van der Waals surface area (Å²) in [7, 11) is 0. The number of aromatic nitrogens is 2. The molecule has 0 unspecified atom stereocenters. The Morgan fingerprint density at radius 3 is 3.00 bits per heavy atom. The zero-order chi connectivity index (χ0) is 10.1. The molecule has 0 aliphatic heterocycles. The molecule has 0 saturated heterocycles. The lowest BCUT2D eigenvalue weighted by molar-refractivity contribution is 0.101. The Hall–Kier alpha value is -1.64. The molecule has 0 spiro atoms. The second-order valence-electron chi connectivity index (χ2n) is 3.26. The van der Waals surface area contributed by atoms with Crippen molar-refractivity contribution >= 4 is 16.8 Å². The molecule has 2 aromatic rings. The van der Waals surface area contributed by atoms with Gasteiger partial charge < -0.3 is 4.57 Å². The highest BCUT2D eigenvalue weighted by Crippen LogP contribution is 2.19. The lowest BCUT2D eigenvalue weighted by Gasteiger charge is -1.96. The van der Waals surface area contributed by atoms with Crippen molar-refractivity contribution in [2.75, 3.05) is 0 Å². The molecule has 0 fully saturated rings. The van der Waals surface area contributed by atoms with Crippen LogP contribution < -0.4 is 0 Å². The lowest BCUT2D eigenvalue weighted by Crippen LogP contribution is -1.92. The van der Waals surface area contributed by atoms with Crippen molar-refractivity contribution in [3.63, 3.8) is 0 Å². The van der Waals surface area contributed by atoms with E-state index in [4.69, 9.17) is 0 Å². The van der Waals surface area contributed by atoms with E-state index in [2.05, 4.69) is 4.98 Å². The minimum Gasteiger partial charge on any atom is -0.332 e. The number of pyridine rings is 1. The van der Waals surface area contributed by atoms with Gasteiger partial charge in [-0.3, -0.25) is 4.79 Å². The van der Waals surface area contributed by atoms with Crippen LogP contribution in [0.15, 0.2) is 24.5 Å². The van der Waals surface area contributed by atoms with Gasteiger partial charge in [0.1, 0.15) is 5.65 Å². The van der Waals surface area contributed by atoms with Crippen LogP contribution in [0.4, 0.5) is 0 Å². The maximum atomic E-state index is 11.3. The molecule has 0 atom stereocenters. The predicted octanol–water partition coefficient (Wildman–Crippen LogP) is 2.26. The highest BCUT2D eigenvalue weighted by Gasteiger charge is 2.10. The molecule has 3 nitrogen and oxygen atoms in total. The Bertz CT molecular complexity index is 485. The number of Topliss-reactive ketones (excluding diaryl/α,β-unsaturated/α-hetero) is 1. The van der Waals surface area contributed by atoms with Crippen LogP contribution in [-0.4, -0.2) is 15.3 Å². The van der Waals surface area contributed by atoms with Gasteiger partial charge in [-0.1, -0.05) is 0 Å². The number of carbonyl (C=O) groups excluding carboxylic acids is 1. The summed E-state index contributed by atoms with van der Waals surface area (Å²) >= 11 is 0. The SMILES string of the molecule is CCn1cc(C(C)=O)c2cccnc21. The highest BCUT2D eigenvalue weighted by atomic mass is 16.1. The van der Waals surface area contributed by atoms with E-state index in [1.165, 1.54) is 0 Å². The molecule has 0 aliphatic rings. The van der Waals surface area contributed by atoms with Crippen molar-refractivity contribution in [1.29, 1.82) is 0 Å². The fourth-order valence-corrected chi connectivity index (χ4v) is 1.64. The molecule has 0 aromatic carbocycles. The third-order valence-electron chi connectivity index (χ3n) is 2.35. The van der Waals surface area contributed by atoms with Crippen LogP contribution >= 0.6 is 0 Å². The second-order valence-corrected chi connectivity index (χ2v) is 3.26. The van der Waals surface area contributed by atoms with Gasteiger partial charge in [0.25, 0.3) is 0 Å². The van der Waals surface area contributed by atoms with Gasteiger partial charge in [0.2, 0.25) is 0 Å². The summed E-state index contributed by atoms with van der Waals surface area (Å²) < 4.78 is 1.99. The van der Waals surface area contributed by atoms with Crippen molar-refractivity contribution in [1.82, 2.24) is 9.55 Å². The highest BCUT2D eigenvalue weighted by molar-refractivity contribution is 6.06. The van der Waals surface area contributed by atoms with Crippen molar-refractivity contribution in [3.05, 3.63) is 30.1 Å². The first-order chi connectivity index (χ1) is 6.74. The summed E-state index contributed by atoms with van der Waals surface area (Å²) in [5.74, 6) is 0.0928. The van der Waals surface area contributed by atoms with E-state index in [0.29, 0.717) is 0 Å². The van der Waals surface area contributed by atoms with Gasteiger partial charge in [0, 0.05) is 29.9 Å². The number of rotatable bonds is 2. The lowest BCUT2D eigenvalue weighted by atomic mass is 10.2. The average molecular weight is 188 g/mol. The summed E-state index contributed by atoms with van der Waals surface area (Å²) in [6.45, 7) is 4.46. The molecule has 0 amide bonds. The number of hydrogen-bond acceptors (Lipinski definition) is 2. The normalized spacial score (nSPS) is 10.7. The van der Waals surface area contributed by atoms with Gasteiger partial charge in [0.15, 0.2) is 5.78 Å². The smallest absolute Gasteiger partial charge is 0.162 e. The Morgan fingerprint density at radius 1 is 1.57 bits per heavy atom. The zero-order valence-corrected chi connectivity index (χ0v) is 8.32. The van der Waals surface area contributed by atoms with E-state index in [1.54, 1.807) is 13.1 Å². The minimum atomic E-state index is 0.0928. The Morgan fingerprint density at radius 2 is 2.36 bits per heavy atom. The van der Waals surface area contributed by atoms with Crippen LogP contribution in [0, 0.1) is 0 Å². The van der Waals surface area contributed by atoms with Crippen molar-refractivity contribution in [2.24, 2.45) is 0 Å². The maximum Gasteiger partial charge on any atom is 0.162 e. The van der Waals surface area contributed by atoms with Crippen LogP contribution in [-0.2, 0) is 6.54 Å². The monoisotopic (exact) mass is 188 g/mol. The zero-order valence-electron chi connectivity index (χ0n) is 8.32. The van der Waals surface area contributed by atoms with Gasteiger partial charge in [-0.25, -0.2) is 4.98 Å². The van der Waals surface area contributed by atoms with E-state index in [0.717, 1.165) is 23.1 Å². The number of ketones is 1. The molecule has 0 saturated carbocycles. The quantitative estimate of drug-likeness (QED) is 0.677. The molecular formula is C11H12N2O. The molecule has 0 N–H and O–H groups in total. The molecule has 2 heterocycles. The minimum absolute atomic E-state index is 0.0928. The first-order valence-electron chi connectivity index (χ1n) is 4.69. The molecule has 14 heavy (non-hydrogen) atoms. The molecule has 0 radical (unpaired) electrons. The fraction of sp³-hybridized carbons (Fsp3) is 0.273. The number of hydrogen-bond donors (Lipinski definition) is 0. The third kappa shape index (κ3) is 1.21. The number of carbonyl (C=O) groups is 1. The summed E-state index contributed by atoms with van der Waals surface area (Å²) in [4.78, 5) is 15.6.